The number of carbonyl (C=O) groups excluding carboxylic acids is 1. The molecule has 0 atom stereocenters. The molecule has 33 heavy (non-hydrogen) atoms. The Kier molecular flexibility index (Phi) is 5.62. The molecule has 1 heterocycles. The smallest absolute Gasteiger partial charge is 0.261 e. The van der Waals surface area contributed by atoms with Crippen LogP contribution in [0.1, 0.15) is 47.2 Å². The quantitative estimate of drug-likeness (QED) is 0.502. The van der Waals surface area contributed by atoms with Crippen LogP contribution in [0.3, 0.4) is 0 Å². The molecule has 0 radical (unpaired) electrons. The van der Waals surface area contributed by atoms with E-state index in [0.717, 1.165) is 59.4 Å². The normalized spacial score (nSPS) is 16.7. The van der Waals surface area contributed by atoms with Crippen molar-refractivity contribution in [1.82, 2.24) is 0 Å². The Hall–Kier alpha value is -3.25. The van der Waals surface area contributed by atoms with Crippen LogP contribution < -0.4 is 10.1 Å². The molecule has 2 aliphatic rings. The van der Waals surface area contributed by atoms with Crippen molar-refractivity contribution in [2.45, 2.75) is 44.8 Å². The number of halogens is 2. The van der Waals surface area contributed by atoms with Crippen LogP contribution in [0.5, 0.6) is 5.75 Å². The maximum absolute atomic E-state index is 13.9. The van der Waals surface area contributed by atoms with E-state index in [1.165, 1.54) is 12.5 Å². The number of fused-ring (bicyclic) bond motifs is 1. The molecule has 1 aliphatic heterocycles. The first kappa shape index (κ1) is 21.6. The molecule has 3 aromatic rings. The molecule has 1 spiro atoms. The van der Waals surface area contributed by atoms with Crippen LogP contribution in [0.2, 0.25) is 0 Å². The molecule has 0 aromatic heterocycles. The Labute approximate surface area is 191 Å². The summed E-state index contributed by atoms with van der Waals surface area (Å²) in [4.78, 5) is 12.4. The Balaban J connectivity index is 1.39. The summed E-state index contributed by atoms with van der Waals surface area (Å²) < 4.78 is 40.2. The highest BCUT2D eigenvalue weighted by atomic mass is 19.1. The minimum Gasteiger partial charge on any atom is -0.487 e. The fourth-order valence-electron chi connectivity index (χ4n) is 4.56. The summed E-state index contributed by atoms with van der Waals surface area (Å²) in [6, 6.07) is 14.7. The lowest BCUT2D eigenvalue weighted by Crippen LogP contribution is -2.45. The van der Waals surface area contributed by atoms with Gasteiger partial charge in [0.2, 0.25) is 0 Å². The summed E-state index contributed by atoms with van der Waals surface area (Å²) in [5.41, 5.74) is 3.88. The predicted octanol–water partition coefficient (Wildman–Crippen LogP) is 6.41. The molecule has 0 saturated heterocycles. The number of amides is 1. The van der Waals surface area contributed by atoms with Gasteiger partial charge in [0.1, 0.15) is 28.5 Å². The summed E-state index contributed by atoms with van der Waals surface area (Å²) in [7, 11) is 0. The van der Waals surface area contributed by atoms with E-state index in [0.29, 0.717) is 18.9 Å². The number of carbonyl (C=O) groups is 1. The number of hydrogen-bond donors (Lipinski definition) is 1. The Morgan fingerprint density at radius 2 is 1.73 bits per heavy atom. The molecule has 1 saturated carbocycles. The second kappa shape index (κ2) is 8.60. The maximum atomic E-state index is 13.9. The van der Waals surface area contributed by atoms with Crippen LogP contribution >= 0.6 is 0 Å². The van der Waals surface area contributed by atoms with Crippen LogP contribution in [0, 0.1) is 18.6 Å². The fourth-order valence-corrected chi connectivity index (χ4v) is 4.56. The van der Waals surface area contributed by atoms with E-state index in [1.54, 1.807) is 12.1 Å². The molecule has 0 unspecified atom stereocenters. The van der Waals surface area contributed by atoms with Crippen LogP contribution in [-0.2, 0) is 11.3 Å². The number of aryl methyl sites for hydroxylation is 1. The predicted molar refractivity (Wildman–Crippen MR) is 122 cm³/mol. The topological polar surface area (TPSA) is 47.6 Å². The van der Waals surface area contributed by atoms with E-state index in [9.17, 15) is 13.6 Å². The lowest BCUT2D eigenvalue weighted by atomic mass is 9.77. The minimum absolute atomic E-state index is 0.113. The summed E-state index contributed by atoms with van der Waals surface area (Å²) >= 11 is 0. The van der Waals surface area contributed by atoms with E-state index >= 15 is 0 Å². The highest BCUT2D eigenvalue weighted by Gasteiger charge is 2.40. The number of ether oxygens (including phenoxy) is 2. The van der Waals surface area contributed by atoms with E-state index in [-0.39, 0.29) is 5.60 Å². The zero-order chi connectivity index (χ0) is 23.0. The van der Waals surface area contributed by atoms with E-state index in [4.69, 9.17) is 9.47 Å². The summed E-state index contributed by atoms with van der Waals surface area (Å²) in [5.74, 6) is -1.75. The van der Waals surface area contributed by atoms with Gasteiger partial charge in [-0.2, -0.15) is 0 Å². The van der Waals surface area contributed by atoms with Gasteiger partial charge in [-0.25, -0.2) is 8.78 Å². The van der Waals surface area contributed by atoms with Gasteiger partial charge in [0.25, 0.3) is 5.91 Å². The average Bonchev–Trinajstić information content (AvgIpc) is 2.74. The molecule has 1 N–H and O–H groups in total. The van der Waals surface area contributed by atoms with Gasteiger partial charge in [-0.1, -0.05) is 18.2 Å². The Morgan fingerprint density at radius 1 is 1.00 bits per heavy atom. The Bertz CT molecular complexity index is 1180. The number of benzene rings is 3. The lowest BCUT2D eigenvalue weighted by Gasteiger charge is -2.43. The molecule has 5 rings (SSSR count). The van der Waals surface area contributed by atoms with Crippen molar-refractivity contribution >= 4 is 11.6 Å². The monoisotopic (exact) mass is 449 g/mol. The first-order chi connectivity index (χ1) is 15.9. The van der Waals surface area contributed by atoms with Crippen LogP contribution in [0.4, 0.5) is 14.5 Å². The number of rotatable bonds is 3. The van der Waals surface area contributed by atoms with E-state index < -0.39 is 23.1 Å². The van der Waals surface area contributed by atoms with Crippen molar-refractivity contribution in [3.63, 3.8) is 0 Å². The molecular formula is C27H25F2NO3. The standard InChI is InChI=1S/C27H25F2NO3/c1-17-14-19-16-32-13-12-27(10-3-11-27)33-24(19)15-21(17)18-6-8-20(9-7-18)30-26(31)25-22(28)4-2-5-23(25)29/h2,4-9,14-15H,3,10-13,16H2,1H3,(H,30,31). The second-order valence-corrected chi connectivity index (χ2v) is 8.84. The molecule has 0 bridgehead atoms. The highest BCUT2D eigenvalue weighted by molar-refractivity contribution is 6.04. The fraction of sp³-hybridized carbons (Fsp3) is 0.296. The Morgan fingerprint density at radius 3 is 2.39 bits per heavy atom. The van der Waals surface area contributed by atoms with Crippen LogP contribution in [0.15, 0.2) is 54.6 Å². The van der Waals surface area contributed by atoms with Gasteiger partial charge in [0.05, 0.1) is 13.2 Å². The molecule has 6 heteroatoms. The van der Waals surface area contributed by atoms with Crippen molar-refractivity contribution < 1.29 is 23.0 Å². The third-order valence-electron chi connectivity index (χ3n) is 6.60. The largest absolute Gasteiger partial charge is 0.487 e. The van der Waals surface area contributed by atoms with Gasteiger partial charge in [-0.15, -0.1) is 0 Å². The van der Waals surface area contributed by atoms with Crippen LogP contribution in [-0.4, -0.2) is 18.1 Å². The molecule has 1 fully saturated rings. The van der Waals surface area contributed by atoms with Gasteiger partial charge >= 0.3 is 0 Å². The van der Waals surface area contributed by atoms with Crippen molar-refractivity contribution in [2.24, 2.45) is 0 Å². The summed E-state index contributed by atoms with van der Waals surface area (Å²) in [6.07, 6.45) is 4.19. The van der Waals surface area contributed by atoms with Crippen molar-refractivity contribution in [1.29, 1.82) is 0 Å². The van der Waals surface area contributed by atoms with Gasteiger partial charge in [-0.05, 0) is 79.3 Å². The highest BCUT2D eigenvalue weighted by Crippen LogP contribution is 2.43. The third kappa shape index (κ3) is 4.23. The van der Waals surface area contributed by atoms with Gasteiger partial charge < -0.3 is 14.8 Å². The molecule has 3 aromatic carbocycles. The van der Waals surface area contributed by atoms with Crippen molar-refractivity contribution in [3.8, 4) is 16.9 Å². The first-order valence-corrected chi connectivity index (χ1v) is 11.2. The number of nitrogens with one attached hydrogen (secondary N) is 1. The molecular weight excluding hydrogens is 424 g/mol. The van der Waals surface area contributed by atoms with E-state index in [2.05, 4.69) is 17.4 Å². The summed E-state index contributed by atoms with van der Waals surface area (Å²) in [5, 5.41) is 2.56. The molecule has 4 nitrogen and oxygen atoms in total. The van der Waals surface area contributed by atoms with Crippen molar-refractivity contribution in [2.75, 3.05) is 11.9 Å². The number of hydrogen-bond acceptors (Lipinski definition) is 3. The summed E-state index contributed by atoms with van der Waals surface area (Å²) in [6.45, 7) is 3.29. The molecule has 170 valence electrons. The lowest BCUT2D eigenvalue weighted by molar-refractivity contribution is -0.0501. The average molecular weight is 449 g/mol. The number of anilines is 1. The zero-order valence-electron chi connectivity index (χ0n) is 18.4. The second-order valence-electron chi connectivity index (χ2n) is 8.84. The molecule has 1 aliphatic carbocycles. The van der Waals surface area contributed by atoms with Crippen LogP contribution in [0.25, 0.3) is 11.1 Å². The zero-order valence-corrected chi connectivity index (χ0v) is 18.4. The van der Waals surface area contributed by atoms with E-state index in [1.807, 2.05) is 19.1 Å². The van der Waals surface area contributed by atoms with Gasteiger partial charge in [0.15, 0.2) is 0 Å². The van der Waals surface area contributed by atoms with Gasteiger partial charge in [0, 0.05) is 17.7 Å². The van der Waals surface area contributed by atoms with Gasteiger partial charge in [-0.3, -0.25) is 4.79 Å². The third-order valence-corrected chi connectivity index (χ3v) is 6.60. The van der Waals surface area contributed by atoms with Crippen molar-refractivity contribution in [3.05, 3.63) is 82.9 Å². The SMILES string of the molecule is Cc1cc2c(cc1-c1ccc(NC(=O)c3c(F)cccc3F)cc1)OC1(CCC1)CCOC2. The first-order valence-electron chi connectivity index (χ1n) is 11.2. The maximum Gasteiger partial charge on any atom is 0.261 e. The molecule has 1 amide bonds. The minimum atomic E-state index is -0.895.